The summed E-state index contributed by atoms with van der Waals surface area (Å²) >= 11 is 0. The van der Waals surface area contributed by atoms with Gasteiger partial charge in [0.1, 0.15) is 5.76 Å². The predicted octanol–water partition coefficient (Wildman–Crippen LogP) is 9.11. The summed E-state index contributed by atoms with van der Waals surface area (Å²) in [6.07, 6.45) is -4.82. The molecular formula is C31H20F5NO. The molecule has 2 atom stereocenters. The van der Waals surface area contributed by atoms with Crippen molar-refractivity contribution in [1.29, 1.82) is 0 Å². The van der Waals surface area contributed by atoms with Crippen LogP contribution in [0.5, 0.6) is 0 Å². The minimum atomic E-state index is -4.82. The summed E-state index contributed by atoms with van der Waals surface area (Å²) < 4.78 is 75.6. The Morgan fingerprint density at radius 1 is 0.816 bits per heavy atom. The van der Waals surface area contributed by atoms with Gasteiger partial charge in [0.25, 0.3) is 5.92 Å². The van der Waals surface area contributed by atoms with Crippen LogP contribution in [0.15, 0.2) is 90.5 Å². The van der Waals surface area contributed by atoms with Gasteiger partial charge in [-0.05, 0) is 70.3 Å². The number of aliphatic hydroxyl groups excluding tert-OH is 1. The normalized spacial score (nSPS) is 21.9. The van der Waals surface area contributed by atoms with E-state index < -0.39 is 35.1 Å². The van der Waals surface area contributed by atoms with Crippen LogP contribution in [0.4, 0.5) is 22.0 Å². The lowest BCUT2D eigenvalue weighted by Crippen LogP contribution is -2.19. The molecule has 1 aromatic heterocycles. The third kappa shape index (κ3) is 3.17. The lowest BCUT2D eigenvalue weighted by molar-refractivity contribution is -0.137. The van der Waals surface area contributed by atoms with E-state index in [1.807, 2.05) is 36.4 Å². The lowest BCUT2D eigenvalue weighted by atomic mass is 9.95. The van der Waals surface area contributed by atoms with Crippen molar-refractivity contribution in [1.82, 2.24) is 4.57 Å². The number of fused-ring (bicyclic) bond motifs is 12. The molecule has 0 spiro atoms. The van der Waals surface area contributed by atoms with Crippen molar-refractivity contribution < 1.29 is 27.1 Å². The second-order valence-electron chi connectivity index (χ2n) is 10.1. The van der Waals surface area contributed by atoms with E-state index in [9.17, 15) is 18.3 Å². The topological polar surface area (TPSA) is 25.2 Å². The van der Waals surface area contributed by atoms with Crippen LogP contribution >= 0.6 is 0 Å². The SMILES string of the molecule is CC1/C2=C(\O)c3cccc(c3)-n3c(cc4c5ccccc5ccc43)-c3cc(C(F)(F)F)cc(c3)C(F)(F)C21. The summed E-state index contributed by atoms with van der Waals surface area (Å²) in [6.45, 7) is 1.56. The maximum Gasteiger partial charge on any atom is 0.416 e. The third-order valence-corrected chi connectivity index (χ3v) is 7.91. The molecule has 1 saturated carbocycles. The van der Waals surface area contributed by atoms with E-state index in [1.54, 1.807) is 41.8 Å². The van der Waals surface area contributed by atoms with Crippen molar-refractivity contribution in [3.05, 3.63) is 107 Å². The first-order valence-electron chi connectivity index (χ1n) is 12.2. The van der Waals surface area contributed by atoms with Gasteiger partial charge in [-0.1, -0.05) is 49.4 Å². The molecule has 7 rings (SSSR count). The maximum atomic E-state index is 15.9. The largest absolute Gasteiger partial charge is 0.507 e. The van der Waals surface area contributed by atoms with Crippen LogP contribution in [0, 0.1) is 11.8 Å². The molecule has 2 aliphatic rings. The first kappa shape index (κ1) is 23.0. The number of hydrogen-bond acceptors (Lipinski definition) is 1. The Hall–Kier alpha value is -4.13. The van der Waals surface area contributed by atoms with Crippen LogP contribution in [-0.4, -0.2) is 9.67 Å². The van der Waals surface area contributed by atoms with Gasteiger partial charge < -0.3 is 9.67 Å². The number of aromatic nitrogens is 1. The Balaban J connectivity index is 1.65. The average Bonchev–Trinajstić information content (AvgIpc) is 3.43. The summed E-state index contributed by atoms with van der Waals surface area (Å²) in [7, 11) is 0. The van der Waals surface area contributed by atoms with Crippen LogP contribution in [0.1, 0.15) is 23.6 Å². The molecule has 7 heteroatoms. The molecule has 2 nitrogen and oxygen atoms in total. The number of halogens is 5. The first-order chi connectivity index (χ1) is 18.1. The molecule has 2 unspecified atom stereocenters. The van der Waals surface area contributed by atoms with Gasteiger partial charge in [-0.15, -0.1) is 0 Å². The zero-order valence-corrected chi connectivity index (χ0v) is 20.0. The highest BCUT2D eigenvalue weighted by molar-refractivity contribution is 6.09. The van der Waals surface area contributed by atoms with Gasteiger partial charge in [0.15, 0.2) is 0 Å². The molecule has 1 N–H and O–H groups in total. The molecule has 190 valence electrons. The van der Waals surface area contributed by atoms with Gasteiger partial charge >= 0.3 is 6.18 Å². The van der Waals surface area contributed by atoms with Crippen LogP contribution in [0.3, 0.4) is 0 Å². The molecule has 0 saturated heterocycles. The number of aliphatic hydroxyl groups is 1. The third-order valence-electron chi connectivity index (χ3n) is 7.91. The Bertz CT molecular complexity index is 1830. The number of rotatable bonds is 0. The summed E-state index contributed by atoms with van der Waals surface area (Å²) in [6, 6.07) is 22.7. The lowest BCUT2D eigenvalue weighted by Gasteiger charge is -2.21. The molecule has 38 heavy (non-hydrogen) atoms. The average molecular weight is 517 g/mol. The molecule has 4 aromatic carbocycles. The molecule has 0 radical (unpaired) electrons. The van der Waals surface area contributed by atoms with Crippen LogP contribution in [0.2, 0.25) is 0 Å². The summed E-state index contributed by atoms with van der Waals surface area (Å²) in [5, 5.41) is 13.7. The molecule has 1 fully saturated rings. The summed E-state index contributed by atoms with van der Waals surface area (Å²) in [5.74, 6) is -5.94. The molecule has 1 aliphatic heterocycles. The van der Waals surface area contributed by atoms with E-state index in [1.165, 1.54) is 0 Å². The minimum Gasteiger partial charge on any atom is -0.507 e. The van der Waals surface area contributed by atoms with Gasteiger partial charge in [0.2, 0.25) is 0 Å². The highest BCUT2D eigenvalue weighted by Crippen LogP contribution is 2.61. The van der Waals surface area contributed by atoms with Crippen LogP contribution in [-0.2, 0) is 12.1 Å². The fourth-order valence-corrected chi connectivity index (χ4v) is 5.99. The number of nitrogens with zero attached hydrogens (tertiary/aromatic N) is 1. The molecule has 4 bridgehead atoms. The number of alkyl halides is 5. The van der Waals surface area contributed by atoms with Crippen molar-refractivity contribution in [3.63, 3.8) is 0 Å². The van der Waals surface area contributed by atoms with Gasteiger partial charge in [0.05, 0.1) is 22.7 Å². The maximum absolute atomic E-state index is 15.9. The van der Waals surface area contributed by atoms with Gasteiger partial charge in [-0.25, -0.2) is 8.78 Å². The molecule has 0 amide bonds. The molecule has 5 aromatic rings. The van der Waals surface area contributed by atoms with Crippen LogP contribution < -0.4 is 0 Å². The van der Waals surface area contributed by atoms with E-state index in [-0.39, 0.29) is 16.9 Å². The number of allylic oxidation sites excluding steroid dienone is 1. The highest BCUT2D eigenvalue weighted by Gasteiger charge is 2.60. The minimum absolute atomic E-state index is 0.0452. The van der Waals surface area contributed by atoms with Gasteiger partial charge in [-0.2, -0.15) is 13.2 Å². The van der Waals surface area contributed by atoms with E-state index in [4.69, 9.17) is 0 Å². The van der Waals surface area contributed by atoms with E-state index >= 15 is 8.78 Å². The van der Waals surface area contributed by atoms with E-state index in [0.717, 1.165) is 28.3 Å². The van der Waals surface area contributed by atoms with Crippen LogP contribution in [0.25, 0.3) is 44.4 Å². The zero-order chi connectivity index (χ0) is 26.6. The Labute approximate surface area is 214 Å². The molecular weight excluding hydrogens is 497 g/mol. The molecule has 2 heterocycles. The number of hydrogen-bond donors (Lipinski definition) is 1. The fraction of sp³-hybridized carbons (Fsp3) is 0.161. The Morgan fingerprint density at radius 2 is 1.61 bits per heavy atom. The Morgan fingerprint density at radius 3 is 2.39 bits per heavy atom. The summed E-state index contributed by atoms with van der Waals surface area (Å²) in [4.78, 5) is 0. The quantitative estimate of drug-likeness (QED) is 0.204. The number of benzene rings is 4. The van der Waals surface area contributed by atoms with E-state index in [2.05, 4.69) is 0 Å². The van der Waals surface area contributed by atoms with Gasteiger partial charge in [0, 0.05) is 22.2 Å². The second kappa shape index (κ2) is 7.47. The Kier molecular flexibility index (Phi) is 4.52. The first-order valence-corrected chi connectivity index (χ1v) is 12.2. The van der Waals surface area contributed by atoms with E-state index in [0.29, 0.717) is 28.5 Å². The van der Waals surface area contributed by atoms with Crippen molar-refractivity contribution >= 4 is 27.4 Å². The van der Waals surface area contributed by atoms with Crippen molar-refractivity contribution in [2.24, 2.45) is 11.8 Å². The standard InChI is InChI=1S/C31H20F5NO/c1-16-27-28(16)30(32,33)20-11-19(12-21(14-20)31(34,35)36)26-15-24-23-8-3-2-5-17(23)9-10-25(24)37(26)22-7-4-6-18(13-22)29(27)38/h2-16,28,38H,1H3/b29-27+. The van der Waals surface area contributed by atoms with Gasteiger partial charge in [-0.3, -0.25) is 0 Å². The monoisotopic (exact) mass is 517 g/mol. The second-order valence-corrected chi connectivity index (χ2v) is 10.1. The fourth-order valence-electron chi connectivity index (χ4n) is 5.99. The highest BCUT2D eigenvalue weighted by atomic mass is 19.4. The van der Waals surface area contributed by atoms with Crippen molar-refractivity contribution in [2.45, 2.75) is 19.0 Å². The smallest absolute Gasteiger partial charge is 0.416 e. The predicted molar refractivity (Wildman–Crippen MR) is 137 cm³/mol. The molecule has 1 aliphatic carbocycles. The summed E-state index contributed by atoms with van der Waals surface area (Å²) in [5.41, 5.74) is 0.392. The zero-order valence-electron chi connectivity index (χ0n) is 20.0. The van der Waals surface area contributed by atoms with Crippen molar-refractivity contribution in [2.75, 3.05) is 0 Å². The van der Waals surface area contributed by atoms with Crippen molar-refractivity contribution in [3.8, 4) is 16.9 Å².